The van der Waals surface area contributed by atoms with Crippen molar-refractivity contribution in [1.29, 1.82) is 0 Å². The first-order chi connectivity index (χ1) is 12.9. The number of ether oxygens (including phenoxy) is 2. The number of aliphatic hydroxyl groups excluding tert-OH is 3. The molecule has 0 aliphatic carbocycles. The van der Waals surface area contributed by atoms with Gasteiger partial charge in [-0.15, -0.1) is 0 Å². The van der Waals surface area contributed by atoms with Crippen LogP contribution < -0.4 is 9.47 Å². The molecule has 0 aliphatic heterocycles. The van der Waals surface area contributed by atoms with E-state index in [0.29, 0.717) is 10.2 Å². The highest BCUT2D eigenvalue weighted by Gasteiger charge is 2.23. The molecule has 148 valence electrons. The first-order valence-electron chi connectivity index (χ1n) is 8.86. The van der Waals surface area contributed by atoms with Crippen LogP contribution in [0.2, 0.25) is 0 Å². The summed E-state index contributed by atoms with van der Waals surface area (Å²) in [6.07, 6.45) is -1.33. The number of aliphatic hydroxyl groups is 3. The number of rotatable bonds is 10. The van der Waals surface area contributed by atoms with Crippen molar-refractivity contribution in [2.75, 3.05) is 24.2 Å². The molecular formula is C21H27IO5. The van der Waals surface area contributed by atoms with Gasteiger partial charge in [0, 0.05) is 9.84 Å². The maximum absolute atomic E-state index is 9.59. The zero-order chi connectivity index (χ0) is 19.9. The van der Waals surface area contributed by atoms with Crippen molar-refractivity contribution in [3.8, 4) is 11.5 Å². The summed E-state index contributed by atoms with van der Waals surface area (Å²) in [5.41, 5.74) is 2.07. The molecular weight excluding hydrogens is 459 g/mol. The third kappa shape index (κ3) is 6.34. The topological polar surface area (TPSA) is 79.2 Å². The molecule has 5 nitrogen and oxygen atoms in total. The van der Waals surface area contributed by atoms with Gasteiger partial charge in [-0.05, 0) is 35.4 Å². The summed E-state index contributed by atoms with van der Waals surface area (Å²) < 4.78 is 11.7. The van der Waals surface area contributed by atoms with E-state index in [9.17, 15) is 10.2 Å². The highest BCUT2D eigenvalue weighted by molar-refractivity contribution is 14.1. The molecule has 0 unspecified atom stereocenters. The minimum absolute atomic E-state index is 0.0625. The van der Waals surface area contributed by atoms with Crippen LogP contribution in [0, 0.1) is 0 Å². The predicted molar refractivity (Wildman–Crippen MR) is 114 cm³/mol. The number of halogens is 1. The maximum Gasteiger partial charge on any atom is 0.119 e. The van der Waals surface area contributed by atoms with Gasteiger partial charge in [0.25, 0.3) is 0 Å². The van der Waals surface area contributed by atoms with Crippen molar-refractivity contribution < 1.29 is 24.8 Å². The number of alkyl halides is 1. The second-order valence-electron chi connectivity index (χ2n) is 6.94. The van der Waals surface area contributed by atoms with Gasteiger partial charge in [0.15, 0.2) is 0 Å². The second-order valence-corrected chi connectivity index (χ2v) is 7.82. The van der Waals surface area contributed by atoms with Crippen molar-refractivity contribution >= 4 is 22.6 Å². The van der Waals surface area contributed by atoms with Gasteiger partial charge < -0.3 is 24.8 Å². The number of benzene rings is 2. The lowest BCUT2D eigenvalue weighted by Crippen LogP contribution is -2.21. The molecule has 2 atom stereocenters. The van der Waals surface area contributed by atoms with Crippen LogP contribution in [0.1, 0.15) is 25.0 Å². The third-order valence-corrected chi connectivity index (χ3v) is 5.44. The van der Waals surface area contributed by atoms with E-state index in [-0.39, 0.29) is 25.2 Å². The molecule has 0 aromatic heterocycles. The molecule has 0 saturated heterocycles. The zero-order valence-corrected chi connectivity index (χ0v) is 17.8. The van der Waals surface area contributed by atoms with Crippen molar-refractivity contribution in [1.82, 2.24) is 0 Å². The fourth-order valence-corrected chi connectivity index (χ4v) is 2.84. The average Bonchev–Trinajstić information content (AvgIpc) is 2.70. The summed E-state index contributed by atoms with van der Waals surface area (Å²) in [4.78, 5) is 0. The Bertz CT molecular complexity index is 625. The van der Waals surface area contributed by atoms with Crippen molar-refractivity contribution in [2.45, 2.75) is 31.5 Å². The summed E-state index contributed by atoms with van der Waals surface area (Å²) in [5, 5.41) is 27.8. The Morgan fingerprint density at radius 3 is 1.59 bits per heavy atom. The van der Waals surface area contributed by atoms with Crippen LogP contribution >= 0.6 is 22.6 Å². The monoisotopic (exact) mass is 486 g/mol. The number of hydrogen-bond acceptors (Lipinski definition) is 5. The summed E-state index contributed by atoms with van der Waals surface area (Å²) in [5.74, 6) is 1.39. The highest BCUT2D eigenvalue weighted by atomic mass is 127. The quantitative estimate of drug-likeness (QED) is 0.356. The van der Waals surface area contributed by atoms with Gasteiger partial charge in [-0.3, -0.25) is 0 Å². The molecule has 27 heavy (non-hydrogen) atoms. The summed E-state index contributed by atoms with van der Waals surface area (Å²) in [6, 6.07) is 15.6. The van der Waals surface area contributed by atoms with Crippen LogP contribution in [0.3, 0.4) is 0 Å². The summed E-state index contributed by atoms with van der Waals surface area (Å²) in [7, 11) is 0. The molecule has 0 aliphatic rings. The van der Waals surface area contributed by atoms with Gasteiger partial charge in [0.2, 0.25) is 0 Å². The molecule has 6 heteroatoms. The fraction of sp³-hybridized carbons (Fsp3) is 0.429. The highest BCUT2D eigenvalue weighted by Crippen LogP contribution is 2.33. The van der Waals surface area contributed by atoms with Crippen LogP contribution in [0.15, 0.2) is 48.5 Å². The first kappa shape index (κ1) is 21.9. The van der Waals surface area contributed by atoms with Crippen LogP contribution in [0.4, 0.5) is 0 Å². The van der Waals surface area contributed by atoms with E-state index in [1.54, 1.807) is 0 Å². The van der Waals surface area contributed by atoms with Gasteiger partial charge in [0.1, 0.15) is 30.8 Å². The third-order valence-electron chi connectivity index (χ3n) is 4.43. The molecule has 2 aromatic rings. The van der Waals surface area contributed by atoms with E-state index >= 15 is 0 Å². The van der Waals surface area contributed by atoms with Crippen LogP contribution in [0.25, 0.3) is 0 Å². The Morgan fingerprint density at radius 1 is 0.815 bits per heavy atom. The lowest BCUT2D eigenvalue weighted by molar-refractivity contribution is 0.0536. The molecule has 0 fully saturated rings. The molecule has 3 N–H and O–H groups in total. The van der Waals surface area contributed by atoms with E-state index in [1.807, 2.05) is 48.5 Å². The zero-order valence-electron chi connectivity index (χ0n) is 15.6. The minimum Gasteiger partial charge on any atom is -0.491 e. The van der Waals surface area contributed by atoms with Gasteiger partial charge >= 0.3 is 0 Å². The van der Waals surface area contributed by atoms with E-state index in [4.69, 9.17) is 14.6 Å². The standard InChI is InChI=1S/C21H27IO5/c1-21(2,15-3-7-19(8-4-15)26-13-17(24)11-22)16-5-9-20(10-6-16)27-14-18(25)12-23/h3-10,17-18,23-25H,11-14H2,1-2H3/t17-,18-/m0/s1. The van der Waals surface area contributed by atoms with E-state index in [2.05, 4.69) is 36.4 Å². The molecule has 0 bridgehead atoms. The Morgan fingerprint density at radius 2 is 1.22 bits per heavy atom. The normalized spacial score (nSPS) is 13.9. The fourth-order valence-electron chi connectivity index (χ4n) is 2.58. The summed E-state index contributed by atoms with van der Waals surface area (Å²) in [6.45, 7) is 4.33. The lowest BCUT2D eigenvalue weighted by atomic mass is 9.78. The molecule has 0 saturated carbocycles. The van der Waals surface area contributed by atoms with E-state index < -0.39 is 12.2 Å². The molecule has 0 radical (unpaired) electrons. The Kier molecular flexibility index (Phi) is 8.34. The second kappa shape index (κ2) is 10.3. The van der Waals surface area contributed by atoms with Crippen LogP contribution in [0.5, 0.6) is 11.5 Å². The average molecular weight is 486 g/mol. The van der Waals surface area contributed by atoms with Gasteiger partial charge in [-0.2, -0.15) is 0 Å². The van der Waals surface area contributed by atoms with Gasteiger partial charge in [-0.1, -0.05) is 60.7 Å². The molecule has 0 heterocycles. The predicted octanol–water partition coefficient (Wildman–Crippen LogP) is 2.92. The molecule has 0 spiro atoms. The molecule has 2 aromatic carbocycles. The van der Waals surface area contributed by atoms with E-state index in [1.165, 1.54) is 0 Å². The van der Waals surface area contributed by atoms with Gasteiger partial charge in [0.05, 0.1) is 12.7 Å². The number of hydrogen-bond donors (Lipinski definition) is 3. The SMILES string of the molecule is CC(C)(c1ccc(OC[C@@H](O)CO)cc1)c1ccc(OC[C@@H](O)CI)cc1. The first-order valence-corrected chi connectivity index (χ1v) is 10.4. The smallest absolute Gasteiger partial charge is 0.119 e. The minimum atomic E-state index is -0.875. The van der Waals surface area contributed by atoms with Crippen molar-refractivity contribution in [3.05, 3.63) is 59.7 Å². The molecule has 2 rings (SSSR count). The van der Waals surface area contributed by atoms with E-state index in [0.717, 1.165) is 16.9 Å². The summed E-state index contributed by atoms with van der Waals surface area (Å²) >= 11 is 2.13. The maximum atomic E-state index is 9.59. The van der Waals surface area contributed by atoms with Crippen molar-refractivity contribution in [3.63, 3.8) is 0 Å². The van der Waals surface area contributed by atoms with Gasteiger partial charge in [-0.25, -0.2) is 0 Å². The Hall–Kier alpha value is -1.35. The molecule has 0 amide bonds. The van der Waals surface area contributed by atoms with Crippen LogP contribution in [-0.4, -0.2) is 51.8 Å². The van der Waals surface area contributed by atoms with Crippen LogP contribution in [-0.2, 0) is 5.41 Å². The Balaban J connectivity index is 2.04. The Labute approximate surface area is 174 Å². The lowest BCUT2D eigenvalue weighted by Gasteiger charge is -2.26. The van der Waals surface area contributed by atoms with Crippen molar-refractivity contribution in [2.24, 2.45) is 0 Å². The largest absolute Gasteiger partial charge is 0.491 e.